The van der Waals surface area contributed by atoms with E-state index in [0.29, 0.717) is 36.7 Å². The van der Waals surface area contributed by atoms with E-state index in [1.165, 1.54) is 18.2 Å². The lowest BCUT2D eigenvalue weighted by atomic mass is 10.1. The van der Waals surface area contributed by atoms with Crippen molar-refractivity contribution in [2.75, 3.05) is 32.9 Å². The number of hydrogen-bond acceptors (Lipinski definition) is 9. The zero-order valence-electron chi connectivity index (χ0n) is 19.6. The van der Waals surface area contributed by atoms with Gasteiger partial charge in [-0.05, 0) is 29.3 Å². The Kier molecular flexibility index (Phi) is 8.26. The van der Waals surface area contributed by atoms with Crippen molar-refractivity contribution >= 4 is 22.6 Å². The summed E-state index contributed by atoms with van der Waals surface area (Å²) >= 11 is 0. The molecule has 11 nitrogen and oxygen atoms in total. The lowest BCUT2D eigenvalue weighted by molar-refractivity contribution is -0.385. The van der Waals surface area contributed by atoms with E-state index in [0.717, 1.165) is 24.0 Å². The van der Waals surface area contributed by atoms with Gasteiger partial charge in [-0.1, -0.05) is 6.07 Å². The van der Waals surface area contributed by atoms with Crippen LogP contribution in [0.25, 0.3) is 11.0 Å². The number of ether oxygens (including phenoxy) is 2. The number of aliphatic hydroxyl groups is 1. The Hall–Kier alpha value is -3.80. The van der Waals surface area contributed by atoms with E-state index in [1.54, 1.807) is 18.2 Å². The molecule has 2 N–H and O–H groups in total. The van der Waals surface area contributed by atoms with E-state index in [2.05, 4.69) is 10.2 Å². The van der Waals surface area contributed by atoms with Crippen LogP contribution in [-0.4, -0.2) is 53.7 Å². The van der Waals surface area contributed by atoms with Crippen LogP contribution in [0.3, 0.4) is 0 Å². The maximum atomic E-state index is 12.2. The summed E-state index contributed by atoms with van der Waals surface area (Å²) in [5.74, 6) is 0.182. The highest BCUT2D eigenvalue weighted by Gasteiger charge is 2.16. The summed E-state index contributed by atoms with van der Waals surface area (Å²) in [5.41, 5.74) is 1.42. The molecule has 1 aromatic heterocycles. The summed E-state index contributed by atoms with van der Waals surface area (Å²) in [5, 5.41) is 23.8. The number of morpholine rings is 1. The van der Waals surface area contributed by atoms with Gasteiger partial charge in [-0.2, -0.15) is 0 Å². The van der Waals surface area contributed by atoms with E-state index in [9.17, 15) is 24.8 Å². The first-order valence-electron chi connectivity index (χ1n) is 11.6. The van der Waals surface area contributed by atoms with Crippen LogP contribution in [-0.2, 0) is 29.2 Å². The second kappa shape index (κ2) is 11.8. The Labute approximate surface area is 206 Å². The van der Waals surface area contributed by atoms with Gasteiger partial charge in [0.05, 0.1) is 43.3 Å². The zero-order valence-corrected chi connectivity index (χ0v) is 19.6. The van der Waals surface area contributed by atoms with E-state index >= 15 is 0 Å². The van der Waals surface area contributed by atoms with Crippen LogP contribution in [0.1, 0.15) is 23.1 Å². The third-order valence-corrected chi connectivity index (χ3v) is 5.90. The SMILES string of the molecule is O=C(CCOc1ccc2c(CN3CCOCC3)cc(=O)oc2c1)NCc1ccc(CO)c([N+](=O)[O-])c1. The van der Waals surface area contributed by atoms with Gasteiger partial charge in [-0.15, -0.1) is 0 Å². The summed E-state index contributed by atoms with van der Waals surface area (Å²) < 4.78 is 16.4. The van der Waals surface area contributed by atoms with Crippen molar-refractivity contribution in [3.8, 4) is 5.75 Å². The van der Waals surface area contributed by atoms with E-state index in [-0.39, 0.29) is 36.7 Å². The number of benzene rings is 2. The van der Waals surface area contributed by atoms with Crippen LogP contribution < -0.4 is 15.7 Å². The van der Waals surface area contributed by atoms with E-state index in [1.807, 2.05) is 6.07 Å². The molecule has 4 rings (SSSR count). The van der Waals surface area contributed by atoms with Crippen LogP contribution in [0.2, 0.25) is 0 Å². The monoisotopic (exact) mass is 497 g/mol. The third-order valence-electron chi connectivity index (χ3n) is 5.90. The topological polar surface area (TPSA) is 144 Å². The number of nitro benzene ring substituents is 1. The minimum Gasteiger partial charge on any atom is -0.493 e. The van der Waals surface area contributed by atoms with Crippen LogP contribution in [0.5, 0.6) is 5.75 Å². The number of rotatable bonds is 10. The minimum atomic E-state index is -0.568. The van der Waals surface area contributed by atoms with Crippen LogP contribution in [0, 0.1) is 10.1 Å². The highest BCUT2D eigenvalue weighted by atomic mass is 16.6. The van der Waals surface area contributed by atoms with Crippen molar-refractivity contribution in [3.05, 3.63) is 79.7 Å². The van der Waals surface area contributed by atoms with E-state index in [4.69, 9.17) is 13.9 Å². The largest absolute Gasteiger partial charge is 0.493 e. The third kappa shape index (κ3) is 6.45. The quantitative estimate of drug-likeness (QED) is 0.244. The number of aliphatic hydroxyl groups excluding tert-OH is 1. The fourth-order valence-electron chi connectivity index (χ4n) is 4.00. The maximum absolute atomic E-state index is 12.2. The Morgan fingerprint density at radius 1 is 1.14 bits per heavy atom. The number of nitro groups is 1. The molecule has 1 aliphatic rings. The van der Waals surface area contributed by atoms with Crippen LogP contribution in [0.15, 0.2) is 51.7 Å². The number of amides is 1. The molecule has 3 aromatic rings. The van der Waals surface area contributed by atoms with Crippen molar-refractivity contribution in [1.82, 2.24) is 10.2 Å². The summed E-state index contributed by atoms with van der Waals surface area (Å²) in [4.78, 5) is 37.1. The first-order valence-corrected chi connectivity index (χ1v) is 11.6. The second-order valence-electron chi connectivity index (χ2n) is 8.39. The molecule has 0 aliphatic carbocycles. The number of hydrogen-bond donors (Lipinski definition) is 2. The van der Waals surface area contributed by atoms with Gasteiger partial charge in [0.1, 0.15) is 11.3 Å². The molecule has 1 amide bonds. The van der Waals surface area contributed by atoms with E-state index < -0.39 is 17.2 Å². The van der Waals surface area contributed by atoms with Gasteiger partial charge in [0.25, 0.3) is 5.69 Å². The van der Waals surface area contributed by atoms with Gasteiger partial charge >= 0.3 is 5.63 Å². The Bertz CT molecular complexity index is 1300. The average Bonchev–Trinajstić information content (AvgIpc) is 2.87. The normalized spacial score (nSPS) is 14.0. The van der Waals surface area contributed by atoms with Crippen molar-refractivity contribution in [3.63, 3.8) is 0 Å². The predicted octanol–water partition coefficient (Wildman–Crippen LogP) is 2.11. The molecule has 0 unspecified atom stereocenters. The van der Waals surface area contributed by atoms with Gasteiger partial charge < -0.3 is 24.3 Å². The molecule has 0 saturated carbocycles. The van der Waals surface area contributed by atoms with Gasteiger partial charge in [0, 0.05) is 49.8 Å². The molecule has 1 fully saturated rings. The second-order valence-corrected chi connectivity index (χ2v) is 8.39. The van der Waals surface area contributed by atoms with Crippen molar-refractivity contribution < 1.29 is 28.7 Å². The van der Waals surface area contributed by atoms with Crippen LogP contribution >= 0.6 is 0 Å². The van der Waals surface area contributed by atoms with Crippen LogP contribution in [0.4, 0.5) is 5.69 Å². The number of nitrogens with one attached hydrogen (secondary N) is 1. The zero-order chi connectivity index (χ0) is 25.5. The molecule has 11 heteroatoms. The van der Waals surface area contributed by atoms with Gasteiger partial charge in [0.2, 0.25) is 5.91 Å². The molecule has 2 heterocycles. The number of carbonyl (C=O) groups is 1. The fraction of sp³-hybridized carbons (Fsp3) is 0.360. The first-order chi connectivity index (χ1) is 17.4. The highest BCUT2D eigenvalue weighted by Crippen LogP contribution is 2.24. The Morgan fingerprint density at radius 3 is 2.69 bits per heavy atom. The van der Waals surface area contributed by atoms with Crippen molar-refractivity contribution in [2.24, 2.45) is 0 Å². The standard InChI is InChI=1S/C25H27N3O8/c29-16-18-2-1-17(11-22(18)28(32)33)14-26-24(30)5-8-35-20-3-4-21-19(12-25(31)36-23(21)13-20)15-27-6-9-34-10-7-27/h1-4,11-13,29H,5-10,14-16H2,(H,26,30). The molecule has 36 heavy (non-hydrogen) atoms. The molecule has 0 bridgehead atoms. The molecule has 1 aliphatic heterocycles. The van der Waals surface area contributed by atoms with Crippen molar-refractivity contribution in [1.29, 1.82) is 0 Å². The molecule has 2 aromatic carbocycles. The van der Waals surface area contributed by atoms with Gasteiger partial charge in [0.15, 0.2) is 0 Å². The molecular weight excluding hydrogens is 470 g/mol. The van der Waals surface area contributed by atoms with Gasteiger partial charge in [-0.25, -0.2) is 4.79 Å². The maximum Gasteiger partial charge on any atom is 0.336 e. The van der Waals surface area contributed by atoms with Gasteiger partial charge in [-0.3, -0.25) is 19.8 Å². The lowest BCUT2D eigenvalue weighted by Gasteiger charge is -2.26. The number of carbonyl (C=O) groups excluding carboxylic acids is 1. The summed E-state index contributed by atoms with van der Waals surface area (Å²) in [6.45, 7) is 3.33. The summed E-state index contributed by atoms with van der Waals surface area (Å²) in [6, 6.07) is 11.2. The highest BCUT2D eigenvalue weighted by molar-refractivity contribution is 5.81. The molecular formula is C25H27N3O8. The molecule has 190 valence electrons. The number of fused-ring (bicyclic) bond motifs is 1. The predicted molar refractivity (Wildman–Crippen MR) is 130 cm³/mol. The molecule has 1 saturated heterocycles. The first kappa shape index (κ1) is 25.3. The summed E-state index contributed by atoms with van der Waals surface area (Å²) in [7, 11) is 0. The molecule has 0 spiro atoms. The molecule has 0 atom stereocenters. The summed E-state index contributed by atoms with van der Waals surface area (Å²) in [6.07, 6.45) is 0.0654. The smallest absolute Gasteiger partial charge is 0.336 e. The molecule has 0 radical (unpaired) electrons. The fourth-order valence-corrected chi connectivity index (χ4v) is 4.00. The van der Waals surface area contributed by atoms with Crippen molar-refractivity contribution in [2.45, 2.75) is 26.1 Å². The minimum absolute atomic E-state index is 0.0654. The Balaban J connectivity index is 1.31. The number of nitrogens with zero attached hydrogens (tertiary/aromatic N) is 2. The Morgan fingerprint density at radius 2 is 1.94 bits per heavy atom. The average molecular weight is 498 g/mol. The lowest BCUT2D eigenvalue weighted by Crippen LogP contribution is -2.35.